The number of ether oxygens (including phenoxy) is 1. The average molecular weight is 341 g/mol. The molecule has 0 bridgehead atoms. The molecule has 3 aromatic rings. The zero-order valence-corrected chi connectivity index (χ0v) is 13.7. The number of aryl methyl sites for hydroxylation is 1. The van der Waals surface area contributed by atoms with Crippen molar-refractivity contribution in [3.05, 3.63) is 64.2 Å². The number of anilines is 1. The highest BCUT2D eigenvalue weighted by atomic mass is 19.1. The van der Waals surface area contributed by atoms with Crippen LogP contribution in [-0.4, -0.2) is 22.8 Å². The first-order valence-corrected chi connectivity index (χ1v) is 7.69. The number of hydrogen-bond donors (Lipinski definition) is 1. The Morgan fingerprint density at radius 3 is 2.60 bits per heavy atom. The first kappa shape index (κ1) is 16.6. The molecule has 0 aliphatic rings. The van der Waals surface area contributed by atoms with Crippen molar-refractivity contribution in [2.45, 2.75) is 13.5 Å². The van der Waals surface area contributed by atoms with Gasteiger partial charge in [0, 0.05) is 12.2 Å². The molecule has 0 spiro atoms. The number of carbonyl (C=O) groups excluding carboxylic acids is 1. The molecule has 128 valence electrons. The van der Waals surface area contributed by atoms with Gasteiger partial charge in [-0.3, -0.25) is 14.3 Å². The van der Waals surface area contributed by atoms with Gasteiger partial charge in [0.25, 0.3) is 5.91 Å². The molecule has 0 saturated carbocycles. The first-order valence-electron chi connectivity index (χ1n) is 7.69. The summed E-state index contributed by atoms with van der Waals surface area (Å²) in [6.45, 7) is 2.26. The average Bonchev–Trinajstić information content (AvgIpc) is 2.63. The van der Waals surface area contributed by atoms with Gasteiger partial charge in [0.1, 0.15) is 11.6 Å². The number of halogens is 1. The third-order valence-corrected chi connectivity index (χ3v) is 3.78. The summed E-state index contributed by atoms with van der Waals surface area (Å²) in [5.74, 6) is -0.547. The molecule has 3 rings (SSSR count). The molecule has 7 heteroatoms. The minimum absolute atomic E-state index is 0.122. The molecule has 2 aromatic carbocycles. The van der Waals surface area contributed by atoms with Crippen LogP contribution >= 0.6 is 0 Å². The minimum Gasteiger partial charge on any atom is -0.497 e. The largest absolute Gasteiger partial charge is 0.497 e. The van der Waals surface area contributed by atoms with Gasteiger partial charge in [-0.1, -0.05) is 0 Å². The van der Waals surface area contributed by atoms with Crippen LogP contribution in [-0.2, 0) is 6.54 Å². The van der Waals surface area contributed by atoms with Gasteiger partial charge < -0.3 is 10.1 Å². The minimum atomic E-state index is -0.650. The maximum Gasteiger partial charge on any atom is 0.280 e. The lowest BCUT2D eigenvalue weighted by atomic mass is 10.2. The predicted octanol–water partition coefficient (Wildman–Crippen LogP) is 2.82. The highest BCUT2D eigenvalue weighted by Gasteiger charge is 2.18. The van der Waals surface area contributed by atoms with Crippen molar-refractivity contribution < 1.29 is 13.9 Å². The molecule has 25 heavy (non-hydrogen) atoms. The van der Waals surface area contributed by atoms with Crippen LogP contribution in [0.3, 0.4) is 0 Å². The molecule has 6 nitrogen and oxygen atoms in total. The van der Waals surface area contributed by atoms with Gasteiger partial charge in [0.15, 0.2) is 5.69 Å². The van der Waals surface area contributed by atoms with E-state index < -0.39 is 17.2 Å². The second kappa shape index (κ2) is 6.72. The summed E-state index contributed by atoms with van der Waals surface area (Å²) >= 11 is 0. The normalized spacial score (nSPS) is 10.7. The molecule has 0 saturated heterocycles. The first-order chi connectivity index (χ1) is 12.0. The molecule has 1 amide bonds. The number of nitrogens with zero attached hydrogens (tertiary/aromatic N) is 2. The van der Waals surface area contributed by atoms with Crippen molar-refractivity contribution in [3.8, 4) is 5.75 Å². The Kier molecular flexibility index (Phi) is 4.47. The smallest absolute Gasteiger partial charge is 0.280 e. The number of benzene rings is 2. The van der Waals surface area contributed by atoms with E-state index in [4.69, 9.17) is 4.74 Å². The summed E-state index contributed by atoms with van der Waals surface area (Å²) in [5.41, 5.74) is 0.0882. The van der Waals surface area contributed by atoms with E-state index in [2.05, 4.69) is 10.4 Å². The fourth-order valence-electron chi connectivity index (χ4n) is 2.52. The molecule has 0 aliphatic carbocycles. The second-order valence-electron chi connectivity index (χ2n) is 5.34. The fraction of sp³-hybridized carbons (Fsp3) is 0.167. The van der Waals surface area contributed by atoms with Gasteiger partial charge in [-0.15, -0.1) is 0 Å². The summed E-state index contributed by atoms with van der Waals surface area (Å²) in [6.07, 6.45) is 0. The molecule has 0 radical (unpaired) electrons. The van der Waals surface area contributed by atoms with Crippen LogP contribution in [0.4, 0.5) is 10.1 Å². The van der Waals surface area contributed by atoms with E-state index in [1.54, 1.807) is 31.4 Å². The number of hydrogen-bond acceptors (Lipinski definition) is 4. The van der Waals surface area contributed by atoms with Crippen molar-refractivity contribution in [1.82, 2.24) is 9.78 Å². The fourth-order valence-corrected chi connectivity index (χ4v) is 2.52. The van der Waals surface area contributed by atoms with Crippen LogP contribution in [0, 0.1) is 5.82 Å². The third-order valence-electron chi connectivity index (χ3n) is 3.78. The lowest BCUT2D eigenvalue weighted by Crippen LogP contribution is -2.27. The quantitative estimate of drug-likeness (QED) is 0.792. The van der Waals surface area contributed by atoms with E-state index in [1.807, 2.05) is 6.92 Å². The maximum absolute atomic E-state index is 13.5. The lowest BCUT2D eigenvalue weighted by molar-refractivity contribution is 0.101. The van der Waals surface area contributed by atoms with Gasteiger partial charge in [-0.2, -0.15) is 5.10 Å². The van der Waals surface area contributed by atoms with Crippen LogP contribution in [0.15, 0.2) is 47.3 Å². The van der Waals surface area contributed by atoms with Crippen molar-refractivity contribution in [1.29, 1.82) is 0 Å². The van der Waals surface area contributed by atoms with Crippen molar-refractivity contribution in [2.75, 3.05) is 12.4 Å². The molecule has 0 unspecified atom stereocenters. The van der Waals surface area contributed by atoms with E-state index in [1.165, 1.54) is 16.8 Å². The molecule has 0 atom stereocenters. The SMILES string of the molecule is CCn1nc(C(=O)Nc2ccc(OC)cc2)c(=O)c2cc(F)ccc21. The predicted molar refractivity (Wildman–Crippen MR) is 92.6 cm³/mol. The number of fused-ring (bicyclic) bond motifs is 1. The van der Waals surface area contributed by atoms with E-state index in [0.717, 1.165) is 6.07 Å². The van der Waals surface area contributed by atoms with Gasteiger partial charge in [-0.25, -0.2) is 4.39 Å². The maximum atomic E-state index is 13.5. The van der Waals surface area contributed by atoms with Crippen LogP contribution < -0.4 is 15.5 Å². The molecule has 0 aliphatic heterocycles. The molecule has 1 aromatic heterocycles. The van der Waals surface area contributed by atoms with Crippen LogP contribution in [0.2, 0.25) is 0 Å². The number of amides is 1. The van der Waals surface area contributed by atoms with Crippen LogP contribution in [0.5, 0.6) is 5.75 Å². The highest BCUT2D eigenvalue weighted by Crippen LogP contribution is 2.16. The second-order valence-corrected chi connectivity index (χ2v) is 5.34. The van der Waals surface area contributed by atoms with E-state index in [9.17, 15) is 14.0 Å². The van der Waals surface area contributed by atoms with Crippen LogP contribution in [0.1, 0.15) is 17.4 Å². The molecule has 1 N–H and O–H groups in total. The number of carbonyl (C=O) groups is 1. The summed E-state index contributed by atoms with van der Waals surface area (Å²) < 4.78 is 20.1. The Bertz CT molecular complexity index is 997. The van der Waals surface area contributed by atoms with Gasteiger partial charge >= 0.3 is 0 Å². The number of nitrogens with one attached hydrogen (secondary N) is 1. The van der Waals surface area contributed by atoms with Crippen LogP contribution in [0.25, 0.3) is 10.9 Å². The lowest BCUT2D eigenvalue weighted by Gasteiger charge is -2.11. The molecule has 1 heterocycles. The van der Waals surface area contributed by atoms with Gasteiger partial charge in [-0.05, 0) is 49.4 Å². The molecular formula is C18H16FN3O3. The van der Waals surface area contributed by atoms with Gasteiger partial charge in [0.2, 0.25) is 5.43 Å². The van der Waals surface area contributed by atoms with Gasteiger partial charge in [0.05, 0.1) is 18.0 Å². The Balaban J connectivity index is 2.03. The van der Waals surface area contributed by atoms with E-state index in [0.29, 0.717) is 23.5 Å². The molecular weight excluding hydrogens is 325 g/mol. The Morgan fingerprint density at radius 1 is 1.24 bits per heavy atom. The third kappa shape index (κ3) is 3.21. The Hall–Kier alpha value is -3.22. The van der Waals surface area contributed by atoms with Crippen molar-refractivity contribution in [2.24, 2.45) is 0 Å². The number of rotatable bonds is 4. The Labute approximate surface area is 142 Å². The summed E-state index contributed by atoms with van der Waals surface area (Å²) in [4.78, 5) is 25.0. The van der Waals surface area contributed by atoms with E-state index >= 15 is 0 Å². The topological polar surface area (TPSA) is 73.2 Å². The zero-order chi connectivity index (χ0) is 18.0. The van der Waals surface area contributed by atoms with Crippen molar-refractivity contribution >= 4 is 22.5 Å². The summed E-state index contributed by atoms with van der Waals surface area (Å²) in [5, 5.41) is 6.86. The standard InChI is InChI=1S/C18H16FN3O3/c1-3-22-15-9-4-11(19)10-14(15)17(23)16(21-22)18(24)20-12-5-7-13(25-2)8-6-12/h4-10H,3H2,1-2H3,(H,20,24). The number of aromatic nitrogens is 2. The Morgan fingerprint density at radius 2 is 1.96 bits per heavy atom. The monoisotopic (exact) mass is 341 g/mol. The summed E-state index contributed by atoms with van der Waals surface area (Å²) in [7, 11) is 1.54. The highest BCUT2D eigenvalue weighted by molar-refractivity contribution is 6.04. The van der Waals surface area contributed by atoms with Crippen molar-refractivity contribution in [3.63, 3.8) is 0 Å². The van der Waals surface area contributed by atoms with E-state index in [-0.39, 0.29) is 11.1 Å². The number of methoxy groups -OCH3 is 1. The zero-order valence-electron chi connectivity index (χ0n) is 13.7. The summed E-state index contributed by atoms with van der Waals surface area (Å²) in [6, 6.07) is 10.5. The molecule has 0 fully saturated rings.